The van der Waals surface area contributed by atoms with E-state index in [1.807, 2.05) is 59.5 Å². The molecule has 1 atom stereocenters. The number of hydrogen-bond acceptors (Lipinski definition) is 6. The summed E-state index contributed by atoms with van der Waals surface area (Å²) in [6, 6.07) is 17.3. The minimum atomic E-state index is -0.0702. The normalized spacial score (nSPS) is 16.2. The molecule has 1 aliphatic heterocycles. The summed E-state index contributed by atoms with van der Waals surface area (Å²) in [7, 11) is 1.60. The van der Waals surface area contributed by atoms with Crippen LogP contribution in [0.25, 0.3) is 22.8 Å². The Morgan fingerprint density at radius 2 is 1.97 bits per heavy atom. The Kier molecular flexibility index (Phi) is 5.86. The molecule has 3 aromatic rings. The number of methoxy groups -OCH3 is 1. The lowest BCUT2D eigenvalue weighted by molar-refractivity contribution is -0.131. The fourth-order valence-corrected chi connectivity index (χ4v) is 3.36. The van der Waals surface area contributed by atoms with Crippen LogP contribution in [0.5, 0.6) is 5.75 Å². The van der Waals surface area contributed by atoms with Gasteiger partial charge in [-0.1, -0.05) is 47.6 Å². The number of rotatable bonds is 7. The molecular formula is C22H23N3O4. The van der Waals surface area contributed by atoms with E-state index >= 15 is 0 Å². The summed E-state index contributed by atoms with van der Waals surface area (Å²) < 4.78 is 16.7. The van der Waals surface area contributed by atoms with E-state index in [2.05, 4.69) is 10.1 Å². The Hall–Kier alpha value is -3.19. The first-order valence-electron chi connectivity index (χ1n) is 9.66. The molecule has 0 radical (unpaired) electrons. The van der Waals surface area contributed by atoms with Crippen molar-refractivity contribution >= 4 is 5.91 Å². The van der Waals surface area contributed by atoms with E-state index in [0.29, 0.717) is 43.6 Å². The second kappa shape index (κ2) is 8.87. The SMILES string of the molecule is COCCC(=O)N1CCC(Oc2ccccc2-c2nc(-c3ccccc3)no2)C1. The van der Waals surface area contributed by atoms with Crippen molar-refractivity contribution < 1.29 is 18.8 Å². The van der Waals surface area contributed by atoms with Crippen LogP contribution in [-0.2, 0) is 9.53 Å². The molecule has 0 aliphatic carbocycles. The fourth-order valence-electron chi connectivity index (χ4n) is 3.36. The maximum Gasteiger partial charge on any atom is 0.262 e. The molecule has 1 amide bonds. The summed E-state index contributed by atoms with van der Waals surface area (Å²) in [4.78, 5) is 18.5. The third kappa shape index (κ3) is 4.46. The van der Waals surface area contributed by atoms with Gasteiger partial charge in [0.2, 0.25) is 11.7 Å². The summed E-state index contributed by atoms with van der Waals surface area (Å²) in [6.45, 7) is 1.69. The highest BCUT2D eigenvalue weighted by molar-refractivity contribution is 5.76. The van der Waals surface area contributed by atoms with Crippen molar-refractivity contribution in [3.8, 4) is 28.6 Å². The van der Waals surface area contributed by atoms with Crippen molar-refractivity contribution in [3.63, 3.8) is 0 Å². The van der Waals surface area contributed by atoms with Crippen LogP contribution in [0.4, 0.5) is 0 Å². The highest BCUT2D eigenvalue weighted by Crippen LogP contribution is 2.32. The standard InChI is InChI=1S/C22H23N3O4/c1-27-14-12-20(26)25-13-11-17(15-25)28-19-10-6-5-9-18(19)22-23-21(24-29-22)16-7-3-2-4-8-16/h2-10,17H,11-15H2,1H3. The Balaban J connectivity index is 1.47. The molecule has 2 aromatic carbocycles. The average molecular weight is 393 g/mol. The van der Waals surface area contributed by atoms with E-state index in [0.717, 1.165) is 17.5 Å². The van der Waals surface area contributed by atoms with Crippen LogP contribution in [0.1, 0.15) is 12.8 Å². The van der Waals surface area contributed by atoms with Crippen LogP contribution in [0.3, 0.4) is 0 Å². The maximum absolute atomic E-state index is 12.2. The van der Waals surface area contributed by atoms with Gasteiger partial charge in [-0.2, -0.15) is 4.98 Å². The van der Waals surface area contributed by atoms with E-state index in [-0.39, 0.29) is 12.0 Å². The zero-order valence-corrected chi connectivity index (χ0v) is 16.3. The van der Waals surface area contributed by atoms with Gasteiger partial charge in [0.15, 0.2) is 0 Å². The lowest BCUT2D eigenvalue weighted by atomic mass is 10.2. The number of ether oxygens (including phenoxy) is 2. The van der Waals surface area contributed by atoms with Gasteiger partial charge in [-0.3, -0.25) is 4.79 Å². The number of likely N-dealkylation sites (tertiary alicyclic amines) is 1. The van der Waals surface area contributed by atoms with E-state index in [9.17, 15) is 4.79 Å². The predicted molar refractivity (Wildman–Crippen MR) is 107 cm³/mol. The Morgan fingerprint density at radius 3 is 2.79 bits per heavy atom. The van der Waals surface area contributed by atoms with Gasteiger partial charge in [0, 0.05) is 25.6 Å². The van der Waals surface area contributed by atoms with Gasteiger partial charge in [-0.25, -0.2) is 0 Å². The van der Waals surface area contributed by atoms with Gasteiger partial charge in [0.1, 0.15) is 11.9 Å². The first-order chi connectivity index (χ1) is 14.2. The molecule has 1 unspecified atom stereocenters. The molecular weight excluding hydrogens is 370 g/mol. The van der Waals surface area contributed by atoms with Gasteiger partial charge < -0.3 is 18.9 Å². The zero-order chi connectivity index (χ0) is 20.1. The quantitative estimate of drug-likeness (QED) is 0.612. The van der Waals surface area contributed by atoms with E-state index < -0.39 is 0 Å². The monoisotopic (exact) mass is 393 g/mol. The molecule has 2 heterocycles. The highest BCUT2D eigenvalue weighted by atomic mass is 16.5. The summed E-state index contributed by atoms with van der Waals surface area (Å²) in [5.41, 5.74) is 1.63. The molecule has 7 nitrogen and oxygen atoms in total. The topological polar surface area (TPSA) is 77.7 Å². The summed E-state index contributed by atoms with van der Waals surface area (Å²) in [5, 5.41) is 4.09. The van der Waals surface area contributed by atoms with Crippen LogP contribution in [0.2, 0.25) is 0 Å². The highest BCUT2D eigenvalue weighted by Gasteiger charge is 2.28. The fraction of sp³-hybridized carbons (Fsp3) is 0.318. The number of carbonyl (C=O) groups excluding carboxylic acids is 1. The van der Waals surface area contributed by atoms with Crippen molar-refractivity contribution in [1.82, 2.24) is 15.0 Å². The van der Waals surface area contributed by atoms with E-state index in [1.54, 1.807) is 7.11 Å². The largest absolute Gasteiger partial charge is 0.488 e. The van der Waals surface area contributed by atoms with Crippen LogP contribution in [-0.4, -0.2) is 53.9 Å². The van der Waals surface area contributed by atoms with E-state index in [4.69, 9.17) is 14.0 Å². The lowest BCUT2D eigenvalue weighted by Crippen LogP contribution is -2.31. The molecule has 1 aromatic heterocycles. The number of para-hydroxylation sites is 1. The van der Waals surface area contributed by atoms with Crippen molar-refractivity contribution in [2.45, 2.75) is 18.9 Å². The molecule has 0 saturated carbocycles. The predicted octanol–water partition coefficient (Wildman–Crippen LogP) is 3.42. The smallest absolute Gasteiger partial charge is 0.262 e. The Bertz CT molecular complexity index is 957. The molecule has 1 fully saturated rings. The maximum atomic E-state index is 12.2. The molecule has 0 bridgehead atoms. The Labute approximate surface area is 169 Å². The van der Waals surface area contributed by atoms with Crippen molar-refractivity contribution in [2.75, 3.05) is 26.8 Å². The Morgan fingerprint density at radius 1 is 1.17 bits per heavy atom. The van der Waals surface area contributed by atoms with Gasteiger partial charge in [0.25, 0.3) is 5.89 Å². The minimum Gasteiger partial charge on any atom is -0.488 e. The molecule has 150 valence electrons. The number of carbonyl (C=O) groups is 1. The second-order valence-corrected chi connectivity index (χ2v) is 6.90. The number of aromatic nitrogens is 2. The molecule has 7 heteroatoms. The van der Waals surface area contributed by atoms with Crippen molar-refractivity contribution in [3.05, 3.63) is 54.6 Å². The molecule has 0 N–H and O–H groups in total. The molecule has 29 heavy (non-hydrogen) atoms. The van der Waals surface area contributed by atoms with Crippen molar-refractivity contribution in [1.29, 1.82) is 0 Å². The van der Waals surface area contributed by atoms with Gasteiger partial charge in [-0.05, 0) is 12.1 Å². The zero-order valence-electron chi connectivity index (χ0n) is 16.3. The van der Waals surface area contributed by atoms with E-state index in [1.165, 1.54) is 0 Å². The van der Waals surface area contributed by atoms with Crippen LogP contribution < -0.4 is 4.74 Å². The minimum absolute atomic E-state index is 0.0702. The number of nitrogens with zero attached hydrogens (tertiary/aromatic N) is 3. The van der Waals surface area contributed by atoms with Crippen LogP contribution >= 0.6 is 0 Å². The number of hydrogen-bond donors (Lipinski definition) is 0. The van der Waals surface area contributed by atoms with Gasteiger partial charge in [0.05, 0.1) is 25.1 Å². The summed E-state index contributed by atoms with van der Waals surface area (Å²) in [5.74, 6) is 1.71. The molecule has 0 spiro atoms. The molecule has 4 rings (SSSR count). The van der Waals surface area contributed by atoms with Crippen molar-refractivity contribution in [2.24, 2.45) is 0 Å². The molecule has 1 saturated heterocycles. The van der Waals surface area contributed by atoms with Crippen LogP contribution in [0.15, 0.2) is 59.1 Å². The number of benzene rings is 2. The lowest BCUT2D eigenvalue weighted by Gasteiger charge is -2.18. The third-order valence-corrected chi connectivity index (χ3v) is 4.89. The first-order valence-corrected chi connectivity index (χ1v) is 9.66. The van der Waals surface area contributed by atoms with Gasteiger partial charge >= 0.3 is 0 Å². The first kappa shape index (κ1) is 19.1. The third-order valence-electron chi connectivity index (χ3n) is 4.89. The second-order valence-electron chi connectivity index (χ2n) is 6.90. The average Bonchev–Trinajstić information content (AvgIpc) is 3.43. The molecule has 1 aliphatic rings. The van der Waals surface area contributed by atoms with Crippen LogP contribution in [0, 0.1) is 0 Å². The van der Waals surface area contributed by atoms with Gasteiger partial charge in [-0.15, -0.1) is 0 Å². The number of amides is 1. The summed E-state index contributed by atoms with van der Waals surface area (Å²) >= 11 is 0. The summed E-state index contributed by atoms with van der Waals surface area (Å²) in [6.07, 6.45) is 1.11.